The molecule has 2 rings (SSSR count). The second kappa shape index (κ2) is 6.32. The average molecular weight is 327 g/mol. The summed E-state index contributed by atoms with van der Waals surface area (Å²) in [7, 11) is 1.43. The van der Waals surface area contributed by atoms with E-state index in [1.54, 1.807) is 18.2 Å². The highest BCUT2D eigenvalue weighted by Gasteiger charge is 2.29. The number of rotatable bonds is 4. The normalized spacial score (nSPS) is 16.5. The van der Waals surface area contributed by atoms with Gasteiger partial charge in [-0.2, -0.15) is 0 Å². The highest BCUT2D eigenvalue weighted by Crippen LogP contribution is 2.35. The second-order valence-corrected chi connectivity index (χ2v) is 5.29. The lowest BCUT2D eigenvalue weighted by atomic mass is 10.1. The van der Waals surface area contributed by atoms with Crippen LogP contribution in [0.4, 0.5) is 0 Å². The van der Waals surface area contributed by atoms with Gasteiger partial charge in [-0.3, -0.25) is 9.69 Å². The van der Waals surface area contributed by atoms with Crippen LogP contribution in [-0.2, 0) is 4.79 Å². The molecule has 1 aromatic rings. The summed E-state index contributed by atoms with van der Waals surface area (Å²) in [4.78, 5) is 13.7. The third-order valence-electron chi connectivity index (χ3n) is 2.99. The van der Waals surface area contributed by atoms with Gasteiger partial charge >= 0.3 is 0 Å². The molecule has 1 aliphatic rings. The summed E-state index contributed by atoms with van der Waals surface area (Å²) in [5.74, 6) is -0.0621. The molecule has 1 fully saturated rings. The molecule has 2 N–H and O–H groups in total. The van der Waals surface area contributed by atoms with Crippen molar-refractivity contribution in [2.45, 2.75) is 13.3 Å². The quantitative estimate of drug-likeness (QED) is 0.657. The van der Waals surface area contributed by atoms with Crippen LogP contribution in [-0.4, -0.2) is 34.7 Å². The topological polar surface area (TPSA) is 61.8 Å². The van der Waals surface area contributed by atoms with Gasteiger partial charge in [-0.25, -0.2) is 0 Å². The molecule has 0 unspecified atom stereocenters. The molecule has 0 aliphatic carbocycles. The van der Waals surface area contributed by atoms with Gasteiger partial charge < -0.3 is 15.2 Å². The van der Waals surface area contributed by atoms with E-state index in [1.807, 2.05) is 6.92 Å². The number of hydrogen-bond donors (Lipinski definition) is 2. The van der Waals surface area contributed by atoms with E-state index in [-0.39, 0.29) is 22.4 Å². The smallest absolute Gasteiger partial charge is 0.276 e. The third kappa shape index (κ3) is 3.11. The van der Waals surface area contributed by atoms with Gasteiger partial charge in [-0.05, 0) is 42.4 Å². The molecule has 0 bridgehead atoms. The molecule has 0 aromatic heterocycles. The number of amides is 1. The molecule has 1 aromatic carbocycles. The van der Waals surface area contributed by atoms with Crippen LogP contribution in [0.3, 0.4) is 0 Å². The first-order chi connectivity index (χ1) is 9.97. The standard InChI is InChI=1S/C14H15ClN2O3S/c1-3-4-17-13(19)10(16-14(17)21)6-8-5-9(15)12(18)11(7-8)20-2/h5-7,18H,3-4H2,1-2H3,(H,16,21)/b10-6+. The number of aromatic hydroxyl groups is 1. The number of nitrogens with one attached hydrogen (secondary N) is 1. The lowest BCUT2D eigenvalue weighted by molar-refractivity contribution is -0.122. The predicted molar refractivity (Wildman–Crippen MR) is 85.4 cm³/mol. The molecule has 0 atom stereocenters. The van der Waals surface area contributed by atoms with Crippen molar-refractivity contribution in [1.82, 2.24) is 10.2 Å². The van der Waals surface area contributed by atoms with Gasteiger partial charge in [0.15, 0.2) is 16.6 Å². The molecule has 0 radical (unpaired) electrons. The van der Waals surface area contributed by atoms with Gasteiger partial charge in [-0.1, -0.05) is 18.5 Å². The number of hydrogen-bond acceptors (Lipinski definition) is 4. The summed E-state index contributed by atoms with van der Waals surface area (Å²) in [6, 6.07) is 3.14. The van der Waals surface area contributed by atoms with Crippen molar-refractivity contribution in [3.8, 4) is 11.5 Å². The van der Waals surface area contributed by atoms with Gasteiger partial charge in [0.25, 0.3) is 5.91 Å². The molecule has 0 spiro atoms. The van der Waals surface area contributed by atoms with Crippen LogP contribution in [0.1, 0.15) is 18.9 Å². The number of phenols is 1. The lowest BCUT2D eigenvalue weighted by Crippen LogP contribution is -2.31. The number of phenolic OH excluding ortho intramolecular Hbond substituents is 1. The Bertz CT molecular complexity index is 631. The molecule has 112 valence electrons. The molecule has 21 heavy (non-hydrogen) atoms. The first kappa shape index (κ1) is 15.6. The van der Waals surface area contributed by atoms with E-state index in [0.717, 1.165) is 6.42 Å². The molecule has 0 saturated carbocycles. The van der Waals surface area contributed by atoms with E-state index in [0.29, 0.717) is 22.9 Å². The van der Waals surface area contributed by atoms with Crippen molar-refractivity contribution < 1.29 is 14.6 Å². The number of carbonyl (C=O) groups excluding carboxylic acids is 1. The van der Waals surface area contributed by atoms with E-state index in [1.165, 1.54) is 12.0 Å². The number of carbonyl (C=O) groups is 1. The summed E-state index contributed by atoms with van der Waals surface area (Å²) >= 11 is 11.1. The van der Waals surface area contributed by atoms with Crippen LogP contribution in [0.5, 0.6) is 11.5 Å². The van der Waals surface area contributed by atoms with Crippen molar-refractivity contribution in [2.24, 2.45) is 0 Å². The Morgan fingerprint density at radius 3 is 2.86 bits per heavy atom. The monoisotopic (exact) mass is 326 g/mol. The zero-order chi connectivity index (χ0) is 15.6. The minimum atomic E-state index is -0.176. The van der Waals surface area contributed by atoms with E-state index in [4.69, 9.17) is 28.6 Å². The number of nitrogens with zero attached hydrogens (tertiary/aromatic N) is 1. The van der Waals surface area contributed by atoms with Crippen LogP contribution in [0.15, 0.2) is 17.8 Å². The number of methoxy groups -OCH3 is 1. The first-order valence-corrected chi connectivity index (χ1v) is 7.17. The van der Waals surface area contributed by atoms with E-state index < -0.39 is 0 Å². The summed E-state index contributed by atoms with van der Waals surface area (Å²) < 4.78 is 5.03. The molecule has 1 heterocycles. The molecule has 1 amide bonds. The second-order valence-electron chi connectivity index (χ2n) is 4.50. The Balaban J connectivity index is 2.35. The Labute approximate surface area is 133 Å². The van der Waals surface area contributed by atoms with Crippen molar-refractivity contribution >= 4 is 40.9 Å². The van der Waals surface area contributed by atoms with E-state index >= 15 is 0 Å². The molecule has 7 heteroatoms. The molecule has 1 saturated heterocycles. The SMILES string of the molecule is CCCN1C(=O)/C(=C\c2cc(Cl)c(O)c(OC)c2)NC1=S. The summed E-state index contributed by atoms with van der Waals surface area (Å²) in [6.07, 6.45) is 2.44. The Hall–Kier alpha value is -1.79. The van der Waals surface area contributed by atoms with Crippen LogP contribution < -0.4 is 10.1 Å². The maximum absolute atomic E-state index is 12.2. The van der Waals surface area contributed by atoms with Crippen LogP contribution in [0, 0.1) is 0 Å². The fraction of sp³-hybridized carbons (Fsp3) is 0.286. The minimum absolute atomic E-state index is 0.129. The average Bonchev–Trinajstić information content (AvgIpc) is 2.70. The van der Waals surface area contributed by atoms with Crippen LogP contribution >= 0.6 is 23.8 Å². The maximum Gasteiger partial charge on any atom is 0.276 e. The van der Waals surface area contributed by atoms with Crippen LogP contribution in [0.25, 0.3) is 6.08 Å². The van der Waals surface area contributed by atoms with Crippen LogP contribution in [0.2, 0.25) is 5.02 Å². The molecule has 1 aliphatic heterocycles. The van der Waals surface area contributed by atoms with Crippen molar-refractivity contribution in [1.29, 1.82) is 0 Å². The summed E-state index contributed by atoms with van der Waals surface area (Å²) in [5, 5.41) is 13.1. The predicted octanol–water partition coefficient (Wildman–Crippen LogP) is 2.52. The zero-order valence-corrected chi connectivity index (χ0v) is 13.2. The highest BCUT2D eigenvalue weighted by molar-refractivity contribution is 7.80. The number of ether oxygens (including phenoxy) is 1. The fourth-order valence-corrected chi connectivity index (χ4v) is 2.50. The van der Waals surface area contributed by atoms with E-state index in [2.05, 4.69) is 5.32 Å². The van der Waals surface area contributed by atoms with Crippen molar-refractivity contribution in [2.75, 3.05) is 13.7 Å². The number of thiocarbonyl (C=S) groups is 1. The van der Waals surface area contributed by atoms with Crippen molar-refractivity contribution in [3.05, 3.63) is 28.4 Å². The molecular formula is C14H15ClN2O3S. The Kier molecular flexibility index (Phi) is 4.69. The van der Waals surface area contributed by atoms with Gasteiger partial charge in [-0.15, -0.1) is 0 Å². The first-order valence-electron chi connectivity index (χ1n) is 6.39. The largest absolute Gasteiger partial charge is 0.503 e. The van der Waals surface area contributed by atoms with Gasteiger partial charge in [0, 0.05) is 6.54 Å². The van der Waals surface area contributed by atoms with Gasteiger partial charge in [0.2, 0.25) is 0 Å². The number of halogens is 1. The molecular weight excluding hydrogens is 312 g/mol. The highest BCUT2D eigenvalue weighted by atomic mass is 35.5. The minimum Gasteiger partial charge on any atom is -0.503 e. The summed E-state index contributed by atoms with van der Waals surface area (Å²) in [6.45, 7) is 2.55. The summed E-state index contributed by atoms with van der Waals surface area (Å²) in [5.41, 5.74) is 1.00. The lowest BCUT2D eigenvalue weighted by Gasteiger charge is -2.11. The zero-order valence-electron chi connectivity index (χ0n) is 11.6. The third-order valence-corrected chi connectivity index (χ3v) is 3.60. The van der Waals surface area contributed by atoms with E-state index in [9.17, 15) is 9.90 Å². The van der Waals surface area contributed by atoms with Gasteiger partial charge in [0.05, 0.1) is 12.1 Å². The van der Waals surface area contributed by atoms with Crippen molar-refractivity contribution in [3.63, 3.8) is 0 Å². The Morgan fingerprint density at radius 2 is 2.24 bits per heavy atom. The number of benzene rings is 1. The maximum atomic E-state index is 12.2. The molecule has 5 nitrogen and oxygen atoms in total. The fourth-order valence-electron chi connectivity index (χ4n) is 2.00. The van der Waals surface area contributed by atoms with Gasteiger partial charge in [0.1, 0.15) is 5.70 Å². The Morgan fingerprint density at radius 1 is 1.52 bits per heavy atom.